The average molecular weight is 266 g/mol. The van der Waals surface area contributed by atoms with Crippen LogP contribution in [0.1, 0.15) is 42.1 Å². The second kappa shape index (κ2) is 4.64. The van der Waals surface area contributed by atoms with Gasteiger partial charge in [0.2, 0.25) is 0 Å². The molecule has 0 amide bonds. The molecule has 1 aliphatic carbocycles. The van der Waals surface area contributed by atoms with Crippen molar-refractivity contribution < 1.29 is 23.8 Å². The molecule has 1 fully saturated rings. The lowest BCUT2D eigenvalue weighted by atomic mass is 9.91. The number of carboxylic acid groups (broad SMARTS) is 1. The zero-order chi connectivity index (χ0) is 14.2. The van der Waals surface area contributed by atoms with Gasteiger partial charge in [-0.3, -0.25) is 9.59 Å². The van der Waals surface area contributed by atoms with E-state index in [1.54, 1.807) is 6.92 Å². The molecule has 0 aromatic heterocycles. The summed E-state index contributed by atoms with van der Waals surface area (Å²) in [4.78, 5) is 23.2. The maximum atomic E-state index is 14.0. The van der Waals surface area contributed by atoms with Crippen LogP contribution in [0.4, 0.5) is 4.39 Å². The zero-order valence-corrected chi connectivity index (χ0v) is 10.8. The van der Waals surface area contributed by atoms with Gasteiger partial charge in [-0.1, -0.05) is 6.92 Å². The molecular formula is C14H15FO4. The van der Waals surface area contributed by atoms with E-state index in [0.717, 1.165) is 6.07 Å². The van der Waals surface area contributed by atoms with Gasteiger partial charge in [-0.15, -0.1) is 0 Å². The number of methoxy groups -OCH3 is 1. The fourth-order valence-electron chi connectivity index (χ4n) is 2.32. The van der Waals surface area contributed by atoms with E-state index in [4.69, 9.17) is 4.74 Å². The first kappa shape index (κ1) is 13.5. The van der Waals surface area contributed by atoms with Gasteiger partial charge in [0, 0.05) is 12.0 Å². The molecule has 0 aliphatic heterocycles. The Morgan fingerprint density at radius 2 is 2.05 bits per heavy atom. The van der Waals surface area contributed by atoms with Crippen LogP contribution in [0.25, 0.3) is 0 Å². The van der Waals surface area contributed by atoms with Crippen molar-refractivity contribution >= 4 is 11.8 Å². The van der Waals surface area contributed by atoms with Crippen LogP contribution in [0.15, 0.2) is 12.1 Å². The number of Topliss-reactive ketones (excluding diaryl/α,β-unsaturated/α-hetero) is 1. The highest BCUT2D eigenvalue weighted by atomic mass is 19.1. The van der Waals surface area contributed by atoms with E-state index >= 15 is 0 Å². The Bertz CT molecular complexity index is 547. The number of ketones is 1. The summed E-state index contributed by atoms with van der Waals surface area (Å²) in [6.07, 6.45) is 0.972. The van der Waals surface area contributed by atoms with Gasteiger partial charge in [-0.05, 0) is 25.0 Å². The van der Waals surface area contributed by atoms with Crippen molar-refractivity contribution in [3.8, 4) is 5.75 Å². The summed E-state index contributed by atoms with van der Waals surface area (Å²) in [7, 11) is 1.32. The first-order valence-electron chi connectivity index (χ1n) is 6.11. The molecule has 1 aromatic carbocycles. The number of ether oxygens (including phenoxy) is 1. The van der Waals surface area contributed by atoms with E-state index in [9.17, 15) is 19.1 Å². The largest absolute Gasteiger partial charge is 0.496 e. The molecule has 1 aromatic rings. The predicted molar refractivity (Wildman–Crippen MR) is 66.1 cm³/mol. The first-order valence-corrected chi connectivity index (χ1v) is 6.11. The Morgan fingerprint density at radius 1 is 1.42 bits per heavy atom. The molecule has 0 saturated heterocycles. The van der Waals surface area contributed by atoms with Crippen LogP contribution in [-0.4, -0.2) is 24.0 Å². The number of hydrogen-bond acceptors (Lipinski definition) is 3. The molecular weight excluding hydrogens is 251 g/mol. The number of aliphatic carboxylic acids is 1. The number of carbonyl (C=O) groups is 2. The number of carboxylic acids is 1. The van der Waals surface area contributed by atoms with Crippen LogP contribution in [0.5, 0.6) is 5.75 Å². The summed E-state index contributed by atoms with van der Waals surface area (Å²) >= 11 is 0. The van der Waals surface area contributed by atoms with Crippen molar-refractivity contribution in [1.29, 1.82) is 0 Å². The molecule has 1 N–H and O–H groups in total. The molecule has 1 saturated carbocycles. The van der Waals surface area contributed by atoms with Crippen molar-refractivity contribution in [1.82, 2.24) is 0 Å². The fourth-order valence-corrected chi connectivity index (χ4v) is 2.32. The Hall–Kier alpha value is -1.91. The number of halogens is 1. The van der Waals surface area contributed by atoms with Crippen LogP contribution in [-0.2, 0) is 10.2 Å². The molecule has 102 valence electrons. The van der Waals surface area contributed by atoms with Gasteiger partial charge in [0.25, 0.3) is 0 Å². The van der Waals surface area contributed by atoms with Gasteiger partial charge in [-0.2, -0.15) is 0 Å². The van der Waals surface area contributed by atoms with Crippen LogP contribution >= 0.6 is 0 Å². The monoisotopic (exact) mass is 266 g/mol. The number of benzene rings is 1. The molecule has 0 heterocycles. The van der Waals surface area contributed by atoms with Crippen molar-refractivity contribution in [3.05, 3.63) is 29.1 Å². The lowest BCUT2D eigenvalue weighted by Gasteiger charge is -2.18. The van der Waals surface area contributed by atoms with Crippen LogP contribution in [0.2, 0.25) is 0 Å². The minimum Gasteiger partial charge on any atom is -0.496 e. The van der Waals surface area contributed by atoms with Crippen molar-refractivity contribution in [2.24, 2.45) is 0 Å². The zero-order valence-electron chi connectivity index (χ0n) is 10.8. The third kappa shape index (κ3) is 1.99. The highest BCUT2D eigenvalue weighted by Gasteiger charge is 2.55. The van der Waals surface area contributed by atoms with Crippen LogP contribution < -0.4 is 4.74 Å². The Morgan fingerprint density at radius 3 is 2.47 bits per heavy atom. The average Bonchev–Trinajstić information content (AvgIpc) is 3.18. The van der Waals surface area contributed by atoms with E-state index in [2.05, 4.69) is 0 Å². The number of rotatable bonds is 5. The molecule has 1 aliphatic rings. The topological polar surface area (TPSA) is 63.6 Å². The third-order valence-electron chi connectivity index (χ3n) is 3.57. The second-order valence-corrected chi connectivity index (χ2v) is 4.67. The Kier molecular flexibility index (Phi) is 3.30. The Balaban J connectivity index is 2.66. The number of carbonyl (C=O) groups excluding carboxylic acids is 1. The van der Waals surface area contributed by atoms with E-state index in [0.29, 0.717) is 12.8 Å². The Labute approximate surface area is 110 Å². The normalized spacial score (nSPS) is 15.9. The van der Waals surface area contributed by atoms with E-state index in [-0.39, 0.29) is 29.1 Å². The molecule has 5 heteroatoms. The molecule has 0 bridgehead atoms. The van der Waals surface area contributed by atoms with Gasteiger partial charge in [0.05, 0.1) is 18.1 Å². The standard InChI is InChI=1S/C14H15FO4/c1-3-10(16)8-4-5-9(15)11(12(8)19-2)14(6-7-14)13(17)18/h4-5H,3,6-7H2,1-2H3,(H,17,18). The summed E-state index contributed by atoms with van der Waals surface area (Å²) in [5.41, 5.74) is -0.991. The van der Waals surface area contributed by atoms with Crippen molar-refractivity contribution in [2.45, 2.75) is 31.6 Å². The summed E-state index contributed by atoms with van der Waals surface area (Å²) < 4.78 is 19.2. The maximum absolute atomic E-state index is 14.0. The molecule has 19 heavy (non-hydrogen) atoms. The number of hydrogen-bond donors (Lipinski definition) is 1. The van der Waals surface area contributed by atoms with Crippen molar-refractivity contribution in [3.63, 3.8) is 0 Å². The van der Waals surface area contributed by atoms with Crippen LogP contribution in [0.3, 0.4) is 0 Å². The minimum atomic E-state index is -1.24. The molecule has 2 rings (SSSR count). The quantitative estimate of drug-likeness (QED) is 0.832. The smallest absolute Gasteiger partial charge is 0.314 e. The molecule has 0 unspecified atom stereocenters. The summed E-state index contributed by atoms with van der Waals surface area (Å²) in [6.45, 7) is 1.69. The lowest BCUT2D eigenvalue weighted by Crippen LogP contribution is -2.23. The van der Waals surface area contributed by atoms with Crippen LogP contribution in [0, 0.1) is 5.82 Å². The van der Waals surface area contributed by atoms with Gasteiger partial charge < -0.3 is 9.84 Å². The minimum absolute atomic E-state index is 0.00167. The molecule has 0 atom stereocenters. The summed E-state index contributed by atoms with van der Waals surface area (Å²) in [6, 6.07) is 2.49. The van der Waals surface area contributed by atoms with E-state index in [1.807, 2.05) is 0 Å². The first-order chi connectivity index (χ1) is 8.97. The van der Waals surface area contributed by atoms with E-state index < -0.39 is 17.2 Å². The van der Waals surface area contributed by atoms with E-state index in [1.165, 1.54) is 13.2 Å². The highest BCUT2D eigenvalue weighted by Crippen LogP contribution is 2.53. The molecule has 0 radical (unpaired) electrons. The second-order valence-electron chi connectivity index (χ2n) is 4.67. The lowest BCUT2D eigenvalue weighted by molar-refractivity contribution is -0.140. The summed E-state index contributed by atoms with van der Waals surface area (Å²) in [5, 5.41) is 9.28. The van der Waals surface area contributed by atoms with Crippen molar-refractivity contribution in [2.75, 3.05) is 7.11 Å². The van der Waals surface area contributed by atoms with Gasteiger partial charge >= 0.3 is 5.97 Å². The molecule has 0 spiro atoms. The predicted octanol–water partition coefficient (Wildman–Crippen LogP) is 2.54. The molecule has 4 nitrogen and oxygen atoms in total. The highest BCUT2D eigenvalue weighted by molar-refractivity contribution is 6.00. The third-order valence-corrected chi connectivity index (χ3v) is 3.57. The fraction of sp³-hybridized carbons (Fsp3) is 0.429. The van der Waals surface area contributed by atoms with Gasteiger partial charge in [0.15, 0.2) is 5.78 Å². The van der Waals surface area contributed by atoms with Gasteiger partial charge in [-0.25, -0.2) is 4.39 Å². The SMILES string of the molecule is CCC(=O)c1ccc(F)c(C2(C(=O)O)CC2)c1OC. The summed E-state index contributed by atoms with van der Waals surface area (Å²) in [5.74, 6) is -1.85. The maximum Gasteiger partial charge on any atom is 0.314 e. The van der Waals surface area contributed by atoms with Gasteiger partial charge in [0.1, 0.15) is 11.6 Å².